The Balaban J connectivity index is 1.23. The zero-order valence-corrected chi connectivity index (χ0v) is 24.6. The highest BCUT2D eigenvalue weighted by molar-refractivity contribution is 7.99. The zero-order chi connectivity index (χ0) is 29.3. The molecule has 1 N–H and O–H groups in total. The monoisotopic (exact) mass is 597 g/mol. The zero-order valence-electron chi connectivity index (χ0n) is 23.0. The number of carbonyl (C=O) groups is 1. The van der Waals surface area contributed by atoms with Gasteiger partial charge in [0.15, 0.2) is 22.5 Å². The third kappa shape index (κ3) is 7.37. The Bertz CT molecular complexity index is 1670. The van der Waals surface area contributed by atoms with Gasteiger partial charge in [-0.15, -0.1) is 10.2 Å². The normalized spacial score (nSPS) is 11.0. The quantitative estimate of drug-likeness (QED) is 0.103. The minimum Gasteiger partial charge on any atom is -0.493 e. The molecule has 0 saturated carbocycles. The van der Waals surface area contributed by atoms with E-state index in [1.165, 1.54) is 11.8 Å². The van der Waals surface area contributed by atoms with Crippen molar-refractivity contribution in [2.75, 3.05) is 12.9 Å². The third-order valence-corrected chi connectivity index (χ3v) is 7.37. The fourth-order valence-corrected chi connectivity index (χ4v) is 4.91. The maximum Gasteiger partial charge on any atom is 0.250 e. The summed E-state index contributed by atoms with van der Waals surface area (Å²) in [4.78, 5) is 12.6. The standard InChI is InChI=1S/C32H28ClN5O3S/c1-22-8-11-25(12-9-22)31-36-37-32(38(31)27-15-13-26(33)14-16-27)42-21-30(39)35-34-19-24-10-17-28(29(18-24)40-2)41-20-23-6-4-3-5-7-23/h3-19H,20-21H2,1-2H3,(H,35,39)/b34-19+. The molecule has 42 heavy (non-hydrogen) atoms. The van der Waals surface area contributed by atoms with Gasteiger partial charge in [0, 0.05) is 16.3 Å². The molecule has 5 rings (SSSR count). The maximum atomic E-state index is 12.6. The van der Waals surface area contributed by atoms with Gasteiger partial charge in [-0.3, -0.25) is 9.36 Å². The molecule has 0 fully saturated rings. The molecule has 0 atom stereocenters. The van der Waals surface area contributed by atoms with Crippen molar-refractivity contribution < 1.29 is 14.3 Å². The molecule has 0 radical (unpaired) electrons. The highest BCUT2D eigenvalue weighted by Crippen LogP contribution is 2.30. The summed E-state index contributed by atoms with van der Waals surface area (Å²) in [5, 5.41) is 14.1. The Labute approximate surface area is 253 Å². The number of rotatable bonds is 11. The lowest BCUT2D eigenvalue weighted by Crippen LogP contribution is -2.20. The number of nitrogens with zero attached hydrogens (tertiary/aromatic N) is 4. The number of carbonyl (C=O) groups excluding carboxylic acids is 1. The molecule has 1 aromatic heterocycles. The molecule has 212 valence electrons. The lowest BCUT2D eigenvalue weighted by Gasteiger charge is -2.11. The van der Waals surface area contributed by atoms with Gasteiger partial charge in [0.2, 0.25) is 0 Å². The molecule has 10 heteroatoms. The van der Waals surface area contributed by atoms with Crippen LogP contribution < -0.4 is 14.9 Å². The fraction of sp³-hybridized carbons (Fsp3) is 0.125. The van der Waals surface area contributed by atoms with Crippen LogP contribution in [0, 0.1) is 6.92 Å². The van der Waals surface area contributed by atoms with Gasteiger partial charge in [-0.05, 0) is 60.5 Å². The Morgan fingerprint density at radius 3 is 2.48 bits per heavy atom. The van der Waals surface area contributed by atoms with Crippen molar-refractivity contribution in [1.82, 2.24) is 20.2 Å². The largest absolute Gasteiger partial charge is 0.493 e. The second kappa shape index (κ2) is 13.8. The molecule has 1 heterocycles. The number of benzene rings is 4. The number of aryl methyl sites for hydroxylation is 1. The van der Waals surface area contributed by atoms with Crippen LogP contribution in [0.1, 0.15) is 16.7 Å². The number of methoxy groups -OCH3 is 1. The lowest BCUT2D eigenvalue weighted by molar-refractivity contribution is -0.118. The molecule has 1 amide bonds. The van der Waals surface area contributed by atoms with Gasteiger partial charge in [0.25, 0.3) is 5.91 Å². The number of aromatic nitrogens is 3. The molecule has 0 aliphatic rings. The van der Waals surface area contributed by atoms with E-state index in [9.17, 15) is 4.79 Å². The molecule has 0 saturated heterocycles. The smallest absolute Gasteiger partial charge is 0.250 e. The summed E-state index contributed by atoms with van der Waals surface area (Å²) >= 11 is 7.38. The Morgan fingerprint density at radius 2 is 1.74 bits per heavy atom. The second-order valence-electron chi connectivity index (χ2n) is 9.25. The van der Waals surface area contributed by atoms with Crippen molar-refractivity contribution in [3.63, 3.8) is 0 Å². The van der Waals surface area contributed by atoms with E-state index in [-0.39, 0.29) is 11.7 Å². The van der Waals surface area contributed by atoms with Crippen molar-refractivity contribution in [2.24, 2.45) is 5.10 Å². The van der Waals surface area contributed by atoms with E-state index in [1.807, 2.05) is 102 Å². The van der Waals surface area contributed by atoms with Crippen molar-refractivity contribution in [1.29, 1.82) is 0 Å². The van der Waals surface area contributed by atoms with Gasteiger partial charge < -0.3 is 9.47 Å². The molecule has 0 spiro atoms. The van der Waals surface area contributed by atoms with Crippen LogP contribution in [-0.4, -0.2) is 39.7 Å². The summed E-state index contributed by atoms with van der Waals surface area (Å²) in [5.41, 5.74) is 7.28. The Kier molecular flexibility index (Phi) is 9.53. The fourth-order valence-electron chi connectivity index (χ4n) is 4.04. The van der Waals surface area contributed by atoms with Crippen LogP contribution in [0.4, 0.5) is 0 Å². The van der Waals surface area contributed by atoms with E-state index in [2.05, 4.69) is 20.7 Å². The van der Waals surface area contributed by atoms with Crippen LogP contribution >= 0.6 is 23.4 Å². The van der Waals surface area contributed by atoms with E-state index in [4.69, 9.17) is 21.1 Å². The van der Waals surface area contributed by atoms with Crippen molar-refractivity contribution in [3.8, 4) is 28.6 Å². The molecule has 0 aliphatic heterocycles. The van der Waals surface area contributed by atoms with Crippen LogP contribution in [0.2, 0.25) is 5.02 Å². The molecule has 0 bridgehead atoms. The number of thioether (sulfide) groups is 1. The minimum absolute atomic E-state index is 0.0898. The number of nitrogens with one attached hydrogen (secondary N) is 1. The van der Waals surface area contributed by atoms with E-state index in [0.717, 1.165) is 27.9 Å². The minimum atomic E-state index is -0.284. The summed E-state index contributed by atoms with van der Waals surface area (Å²) in [5.74, 6) is 1.67. The van der Waals surface area contributed by atoms with Crippen LogP contribution in [0.25, 0.3) is 17.1 Å². The van der Waals surface area contributed by atoms with Crippen LogP contribution in [0.15, 0.2) is 107 Å². The predicted molar refractivity (Wildman–Crippen MR) is 167 cm³/mol. The Morgan fingerprint density at radius 1 is 0.976 bits per heavy atom. The SMILES string of the molecule is COc1cc(/C=N/NC(=O)CSc2nnc(-c3ccc(C)cc3)n2-c2ccc(Cl)cc2)ccc1OCc1ccccc1. The lowest BCUT2D eigenvalue weighted by atomic mass is 10.1. The summed E-state index contributed by atoms with van der Waals surface area (Å²) < 4.78 is 13.3. The average molecular weight is 598 g/mol. The number of hydrogen-bond donors (Lipinski definition) is 1. The van der Waals surface area contributed by atoms with Gasteiger partial charge in [0.05, 0.1) is 19.1 Å². The molecule has 0 unspecified atom stereocenters. The number of hydrogen-bond acceptors (Lipinski definition) is 7. The molecule has 0 aliphatic carbocycles. The molecular weight excluding hydrogens is 570 g/mol. The predicted octanol–water partition coefficient (Wildman–Crippen LogP) is 6.73. The number of hydrazone groups is 1. The third-order valence-electron chi connectivity index (χ3n) is 6.19. The first-order valence-electron chi connectivity index (χ1n) is 13.1. The van der Waals surface area contributed by atoms with Crippen LogP contribution in [0.3, 0.4) is 0 Å². The van der Waals surface area contributed by atoms with Gasteiger partial charge >= 0.3 is 0 Å². The van der Waals surface area contributed by atoms with Crippen molar-refractivity contribution >= 4 is 35.5 Å². The molecule has 4 aromatic carbocycles. The highest BCUT2D eigenvalue weighted by atomic mass is 35.5. The summed E-state index contributed by atoms with van der Waals surface area (Å²) in [6, 6.07) is 30.8. The molecule has 5 aromatic rings. The topological polar surface area (TPSA) is 90.6 Å². The Hall–Kier alpha value is -4.60. The maximum absolute atomic E-state index is 12.6. The van der Waals surface area contributed by atoms with E-state index in [0.29, 0.717) is 34.1 Å². The second-order valence-corrected chi connectivity index (χ2v) is 10.6. The summed E-state index contributed by atoms with van der Waals surface area (Å²) in [6.45, 7) is 2.46. The van der Waals surface area contributed by atoms with E-state index < -0.39 is 0 Å². The van der Waals surface area contributed by atoms with Gasteiger partial charge in [-0.25, -0.2) is 5.43 Å². The first-order valence-corrected chi connectivity index (χ1v) is 14.4. The van der Waals surface area contributed by atoms with E-state index in [1.54, 1.807) is 19.4 Å². The van der Waals surface area contributed by atoms with Gasteiger partial charge in [-0.1, -0.05) is 83.5 Å². The highest BCUT2D eigenvalue weighted by Gasteiger charge is 2.17. The summed E-state index contributed by atoms with van der Waals surface area (Å²) in [6.07, 6.45) is 1.55. The first-order chi connectivity index (χ1) is 20.5. The molecular formula is C32H28ClN5O3S. The number of halogens is 1. The van der Waals surface area contributed by atoms with Gasteiger partial charge in [0.1, 0.15) is 6.61 Å². The van der Waals surface area contributed by atoms with E-state index >= 15 is 0 Å². The first kappa shape index (κ1) is 28.9. The van der Waals surface area contributed by atoms with Crippen LogP contribution in [0.5, 0.6) is 11.5 Å². The van der Waals surface area contributed by atoms with Crippen molar-refractivity contribution in [3.05, 3.63) is 119 Å². The van der Waals surface area contributed by atoms with Crippen molar-refractivity contribution in [2.45, 2.75) is 18.7 Å². The van der Waals surface area contributed by atoms with Crippen LogP contribution in [-0.2, 0) is 11.4 Å². The molecule has 8 nitrogen and oxygen atoms in total. The average Bonchev–Trinajstić information content (AvgIpc) is 3.44. The number of ether oxygens (including phenoxy) is 2. The summed E-state index contributed by atoms with van der Waals surface area (Å²) in [7, 11) is 1.58. The van der Waals surface area contributed by atoms with Gasteiger partial charge in [-0.2, -0.15) is 5.10 Å². The number of amides is 1.